The molecule has 1 aromatic carbocycles. The van der Waals surface area contributed by atoms with E-state index in [-0.39, 0.29) is 5.91 Å². The quantitative estimate of drug-likeness (QED) is 0.886. The SMILES string of the molecule is CN1CCN(CCNC(=O)c2cccc3[nH]ccc23)CC1. The monoisotopic (exact) mass is 286 g/mol. The summed E-state index contributed by atoms with van der Waals surface area (Å²) in [5.41, 5.74) is 1.74. The Morgan fingerprint density at radius 2 is 2.05 bits per heavy atom. The molecule has 0 unspecified atom stereocenters. The molecule has 1 aromatic heterocycles. The van der Waals surface area contributed by atoms with Crippen molar-refractivity contribution in [3.05, 3.63) is 36.0 Å². The minimum atomic E-state index is 0.00864. The van der Waals surface area contributed by atoms with E-state index in [1.54, 1.807) is 0 Å². The fraction of sp³-hybridized carbons (Fsp3) is 0.438. The molecule has 5 nitrogen and oxygen atoms in total. The number of amides is 1. The molecule has 0 saturated carbocycles. The molecular formula is C16H22N4O. The molecule has 0 radical (unpaired) electrons. The van der Waals surface area contributed by atoms with Crippen molar-refractivity contribution in [3.8, 4) is 0 Å². The lowest BCUT2D eigenvalue weighted by atomic mass is 10.1. The number of benzene rings is 1. The number of rotatable bonds is 4. The Labute approximate surface area is 124 Å². The van der Waals surface area contributed by atoms with Gasteiger partial charge in [-0.05, 0) is 25.2 Å². The molecule has 0 spiro atoms. The van der Waals surface area contributed by atoms with Gasteiger partial charge in [-0.2, -0.15) is 0 Å². The molecule has 1 aliphatic rings. The first-order chi connectivity index (χ1) is 10.2. The van der Waals surface area contributed by atoms with Crippen LogP contribution >= 0.6 is 0 Å². The minimum Gasteiger partial charge on any atom is -0.361 e. The molecule has 0 aliphatic carbocycles. The van der Waals surface area contributed by atoms with E-state index < -0.39 is 0 Å². The van der Waals surface area contributed by atoms with E-state index in [4.69, 9.17) is 0 Å². The molecule has 3 rings (SSSR count). The summed E-state index contributed by atoms with van der Waals surface area (Å²) < 4.78 is 0. The van der Waals surface area contributed by atoms with Gasteiger partial charge in [0.2, 0.25) is 0 Å². The van der Waals surface area contributed by atoms with Gasteiger partial charge in [0.15, 0.2) is 0 Å². The maximum Gasteiger partial charge on any atom is 0.252 e. The summed E-state index contributed by atoms with van der Waals surface area (Å²) in [6, 6.07) is 7.72. The van der Waals surface area contributed by atoms with Gasteiger partial charge in [-0.15, -0.1) is 0 Å². The second-order valence-electron chi connectivity index (χ2n) is 5.65. The van der Waals surface area contributed by atoms with Crippen LogP contribution in [-0.4, -0.2) is 67.0 Å². The third-order valence-electron chi connectivity index (χ3n) is 4.15. The number of hydrogen-bond donors (Lipinski definition) is 2. The van der Waals surface area contributed by atoms with Crippen molar-refractivity contribution in [2.75, 3.05) is 46.3 Å². The Balaban J connectivity index is 1.54. The van der Waals surface area contributed by atoms with Crippen LogP contribution in [0, 0.1) is 0 Å². The van der Waals surface area contributed by atoms with Gasteiger partial charge in [0.05, 0.1) is 0 Å². The van der Waals surface area contributed by atoms with Gasteiger partial charge in [-0.25, -0.2) is 0 Å². The van der Waals surface area contributed by atoms with Crippen molar-refractivity contribution < 1.29 is 4.79 Å². The zero-order valence-corrected chi connectivity index (χ0v) is 12.4. The van der Waals surface area contributed by atoms with Crippen LogP contribution in [0.3, 0.4) is 0 Å². The van der Waals surface area contributed by atoms with Crippen LogP contribution in [0.5, 0.6) is 0 Å². The molecule has 21 heavy (non-hydrogen) atoms. The molecule has 112 valence electrons. The van der Waals surface area contributed by atoms with Crippen LogP contribution in [0.25, 0.3) is 10.9 Å². The summed E-state index contributed by atoms with van der Waals surface area (Å²) in [6.45, 7) is 6.00. The fourth-order valence-electron chi connectivity index (χ4n) is 2.78. The number of piperazine rings is 1. The topological polar surface area (TPSA) is 51.4 Å². The number of hydrogen-bond acceptors (Lipinski definition) is 3. The van der Waals surface area contributed by atoms with E-state index in [0.29, 0.717) is 6.54 Å². The summed E-state index contributed by atoms with van der Waals surface area (Å²) in [6.07, 6.45) is 1.87. The number of carbonyl (C=O) groups is 1. The summed E-state index contributed by atoms with van der Waals surface area (Å²) in [5.74, 6) is 0.00864. The van der Waals surface area contributed by atoms with Gasteiger partial charge >= 0.3 is 0 Å². The van der Waals surface area contributed by atoms with E-state index in [9.17, 15) is 4.79 Å². The lowest BCUT2D eigenvalue weighted by Crippen LogP contribution is -2.46. The van der Waals surface area contributed by atoms with Gasteiger partial charge in [-0.1, -0.05) is 6.07 Å². The molecule has 1 aliphatic heterocycles. The minimum absolute atomic E-state index is 0.00864. The highest BCUT2D eigenvalue weighted by Gasteiger charge is 2.14. The third-order valence-corrected chi connectivity index (χ3v) is 4.15. The van der Waals surface area contributed by atoms with Gasteiger partial charge in [0, 0.05) is 61.9 Å². The number of fused-ring (bicyclic) bond motifs is 1. The third kappa shape index (κ3) is 3.25. The van der Waals surface area contributed by atoms with Crippen LogP contribution in [0.4, 0.5) is 0 Å². The molecule has 1 saturated heterocycles. The summed E-state index contributed by atoms with van der Waals surface area (Å²) in [5, 5.41) is 4.01. The number of nitrogens with one attached hydrogen (secondary N) is 2. The van der Waals surface area contributed by atoms with E-state index >= 15 is 0 Å². The number of H-pyrrole nitrogens is 1. The zero-order valence-electron chi connectivity index (χ0n) is 12.4. The van der Waals surface area contributed by atoms with Gasteiger partial charge in [0.25, 0.3) is 5.91 Å². The normalized spacial score (nSPS) is 17.2. The first kappa shape index (κ1) is 14.1. The van der Waals surface area contributed by atoms with E-state index in [2.05, 4.69) is 27.1 Å². The maximum atomic E-state index is 12.3. The number of aromatic nitrogens is 1. The van der Waals surface area contributed by atoms with Crippen molar-refractivity contribution in [1.29, 1.82) is 0 Å². The van der Waals surface area contributed by atoms with E-state index in [0.717, 1.165) is 49.2 Å². The largest absolute Gasteiger partial charge is 0.361 e. The highest BCUT2D eigenvalue weighted by Crippen LogP contribution is 2.17. The molecule has 1 fully saturated rings. The first-order valence-corrected chi connectivity index (χ1v) is 7.49. The Morgan fingerprint density at radius 1 is 1.24 bits per heavy atom. The molecule has 0 atom stereocenters. The molecular weight excluding hydrogens is 264 g/mol. The number of aromatic amines is 1. The first-order valence-electron chi connectivity index (χ1n) is 7.49. The van der Waals surface area contributed by atoms with Crippen LogP contribution in [0.1, 0.15) is 10.4 Å². The van der Waals surface area contributed by atoms with E-state index in [1.165, 1.54) is 0 Å². The highest BCUT2D eigenvalue weighted by molar-refractivity contribution is 6.06. The Hall–Kier alpha value is -1.85. The smallest absolute Gasteiger partial charge is 0.252 e. The Morgan fingerprint density at radius 3 is 2.86 bits per heavy atom. The highest BCUT2D eigenvalue weighted by atomic mass is 16.1. The molecule has 0 bridgehead atoms. The summed E-state index contributed by atoms with van der Waals surface area (Å²) in [7, 11) is 2.15. The van der Waals surface area contributed by atoms with Gasteiger partial charge < -0.3 is 15.2 Å². The number of likely N-dealkylation sites (N-methyl/N-ethyl adjacent to an activating group) is 1. The van der Waals surface area contributed by atoms with Crippen molar-refractivity contribution in [2.45, 2.75) is 0 Å². The zero-order chi connectivity index (χ0) is 14.7. The lowest BCUT2D eigenvalue weighted by Gasteiger charge is -2.32. The Kier molecular flexibility index (Phi) is 4.22. The van der Waals surface area contributed by atoms with Crippen molar-refractivity contribution in [3.63, 3.8) is 0 Å². The second-order valence-corrected chi connectivity index (χ2v) is 5.65. The van der Waals surface area contributed by atoms with Crippen LogP contribution in [-0.2, 0) is 0 Å². The molecule has 1 amide bonds. The lowest BCUT2D eigenvalue weighted by molar-refractivity contribution is 0.0942. The summed E-state index contributed by atoms with van der Waals surface area (Å²) in [4.78, 5) is 20.2. The number of carbonyl (C=O) groups excluding carboxylic acids is 1. The van der Waals surface area contributed by atoms with Gasteiger partial charge in [-0.3, -0.25) is 9.69 Å². The molecule has 2 N–H and O–H groups in total. The predicted molar refractivity (Wildman–Crippen MR) is 84.6 cm³/mol. The predicted octanol–water partition coefficient (Wildman–Crippen LogP) is 1.15. The van der Waals surface area contributed by atoms with E-state index in [1.807, 2.05) is 30.5 Å². The standard InChI is InChI=1S/C16H22N4O/c1-19-9-11-20(12-10-19)8-7-18-16(21)14-3-2-4-15-13(14)5-6-17-15/h2-6,17H,7-12H2,1H3,(H,18,21). The summed E-state index contributed by atoms with van der Waals surface area (Å²) >= 11 is 0. The van der Waals surface area contributed by atoms with Crippen molar-refractivity contribution in [2.24, 2.45) is 0 Å². The van der Waals surface area contributed by atoms with Crippen molar-refractivity contribution >= 4 is 16.8 Å². The van der Waals surface area contributed by atoms with Crippen LogP contribution in [0.2, 0.25) is 0 Å². The second kappa shape index (κ2) is 6.28. The number of nitrogens with zero attached hydrogens (tertiary/aromatic N) is 2. The average molecular weight is 286 g/mol. The fourth-order valence-corrected chi connectivity index (χ4v) is 2.78. The molecule has 2 heterocycles. The van der Waals surface area contributed by atoms with Crippen LogP contribution in [0.15, 0.2) is 30.5 Å². The van der Waals surface area contributed by atoms with Crippen molar-refractivity contribution in [1.82, 2.24) is 20.1 Å². The molecule has 2 aromatic rings. The van der Waals surface area contributed by atoms with Crippen LogP contribution < -0.4 is 5.32 Å². The molecule has 5 heteroatoms. The van der Waals surface area contributed by atoms with Gasteiger partial charge in [0.1, 0.15) is 0 Å². The Bertz CT molecular complexity index is 614. The average Bonchev–Trinajstić information content (AvgIpc) is 2.97. The maximum absolute atomic E-state index is 12.3.